The van der Waals surface area contributed by atoms with Crippen molar-refractivity contribution < 1.29 is 0 Å². The lowest BCUT2D eigenvalue weighted by atomic mass is 10.3. The first-order chi connectivity index (χ1) is 4.97. The Kier molecular flexibility index (Phi) is 1.47. The average Bonchev–Trinajstić information content (AvgIpc) is 2.28. The van der Waals surface area contributed by atoms with Crippen molar-refractivity contribution in [3.63, 3.8) is 0 Å². The van der Waals surface area contributed by atoms with E-state index in [1.165, 1.54) is 12.1 Å². The molecule has 2 nitrogen and oxygen atoms in total. The van der Waals surface area contributed by atoms with Gasteiger partial charge in [0.15, 0.2) is 0 Å². The molecule has 2 heterocycles. The van der Waals surface area contributed by atoms with Crippen molar-refractivity contribution in [1.29, 1.82) is 0 Å². The van der Waals surface area contributed by atoms with Gasteiger partial charge >= 0.3 is 0 Å². The highest BCUT2D eigenvalue weighted by atomic mass is 15.0. The molecule has 0 spiro atoms. The second-order valence-corrected chi connectivity index (χ2v) is 2.69. The summed E-state index contributed by atoms with van der Waals surface area (Å²) >= 11 is 0. The quantitative estimate of drug-likeness (QED) is 0.553. The molecule has 1 N–H and O–H groups in total. The molecular weight excluding hydrogens is 124 g/mol. The maximum Gasteiger partial charge on any atom is 0.0347 e. The van der Waals surface area contributed by atoms with Gasteiger partial charge in [0.1, 0.15) is 0 Å². The minimum Gasteiger partial charge on any atom is -0.350 e. The summed E-state index contributed by atoms with van der Waals surface area (Å²) in [5.74, 6) is 0. The Balaban J connectivity index is 2.28. The highest BCUT2D eigenvalue weighted by Gasteiger charge is 2.03. The van der Waals surface area contributed by atoms with Gasteiger partial charge in [0.05, 0.1) is 0 Å². The van der Waals surface area contributed by atoms with E-state index in [0.29, 0.717) is 0 Å². The molecule has 0 atom stereocenters. The summed E-state index contributed by atoms with van der Waals surface area (Å²) in [5, 5.41) is 3.36. The molecule has 0 aliphatic carbocycles. The molecule has 10 heavy (non-hydrogen) atoms. The van der Waals surface area contributed by atoms with E-state index in [1.807, 2.05) is 0 Å². The van der Waals surface area contributed by atoms with Gasteiger partial charge in [-0.05, 0) is 12.1 Å². The third kappa shape index (κ3) is 0.948. The third-order valence-electron chi connectivity index (χ3n) is 2.01. The number of nitrogens with one attached hydrogen (secondary N) is 1. The number of hydrogen-bond donors (Lipinski definition) is 1. The molecule has 1 aliphatic rings. The Bertz CT molecular complexity index is 194. The zero-order chi connectivity index (χ0) is 6.81. The van der Waals surface area contributed by atoms with Gasteiger partial charge in [-0.15, -0.1) is 0 Å². The lowest BCUT2D eigenvalue weighted by Crippen LogP contribution is -2.17. The Labute approximate surface area is 60.9 Å². The van der Waals surface area contributed by atoms with Crippen molar-refractivity contribution in [2.75, 3.05) is 13.1 Å². The highest BCUT2D eigenvalue weighted by molar-refractivity contribution is 5.08. The predicted molar refractivity (Wildman–Crippen MR) is 41.0 cm³/mol. The number of hydrogen-bond acceptors (Lipinski definition) is 1. The molecule has 0 unspecified atom stereocenters. The van der Waals surface area contributed by atoms with Crippen LogP contribution in [-0.2, 0) is 13.0 Å². The van der Waals surface area contributed by atoms with E-state index >= 15 is 0 Å². The summed E-state index contributed by atoms with van der Waals surface area (Å²) in [6.07, 6.45) is 3.33. The summed E-state index contributed by atoms with van der Waals surface area (Å²) < 4.78 is 2.32. The normalized spacial score (nSPS) is 18.0. The van der Waals surface area contributed by atoms with Crippen LogP contribution in [0.4, 0.5) is 0 Å². The number of nitrogens with zero attached hydrogens (tertiary/aromatic N) is 1. The van der Waals surface area contributed by atoms with Crippen LogP contribution in [0.3, 0.4) is 0 Å². The van der Waals surface area contributed by atoms with Gasteiger partial charge in [0.25, 0.3) is 0 Å². The minimum atomic E-state index is 1.11. The van der Waals surface area contributed by atoms with Gasteiger partial charge in [-0.2, -0.15) is 0 Å². The van der Waals surface area contributed by atoms with Gasteiger partial charge < -0.3 is 9.88 Å². The van der Waals surface area contributed by atoms with E-state index in [-0.39, 0.29) is 0 Å². The SMILES string of the molecule is c1cc2n(c1)CCNCC2. The van der Waals surface area contributed by atoms with Crippen LogP contribution in [0.5, 0.6) is 0 Å². The molecule has 1 aromatic heterocycles. The lowest BCUT2D eigenvalue weighted by molar-refractivity contribution is 0.647. The first kappa shape index (κ1) is 5.98. The lowest BCUT2D eigenvalue weighted by Gasteiger charge is -2.00. The van der Waals surface area contributed by atoms with Crippen molar-refractivity contribution in [3.8, 4) is 0 Å². The van der Waals surface area contributed by atoms with Crippen molar-refractivity contribution in [2.45, 2.75) is 13.0 Å². The Morgan fingerprint density at radius 2 is 2.40 bits per heavy atom. The molecule has 0 bridgehead atoms. The number of aromatic nitrogens is 1. The van der Waals surface area contributed by atoms with Crippen molar-refractivity contribution in [2.24, 2.45) is 0 Å². The van der Waals surface area contributed by atoms with E-state index in [0.717, 1.165) is 19.6 Å². The second-order valence-electron chi connectivity index (χ2n) is 2.69. The first-order valence-corrected chi connectivity index (χ1v) is 3.81. The molecule has 1 aliphatic heterocycles. The molecule has 0 saturated heterocycles. The predicted octanol–water partition coefficient (Wildman–Crippen LogP) is 0.634. The van der Waals surface area contributed by atoms with Crippen LogP contribution in [0.25, 0.3) is 0 Å². The second kappa shape index (κ2) is 2.46. The molecule has 0 fully saturated rings. The maximum absolute atomic E-state index is 3.36. The molecule has 54 valence electrons. The fourth-order valence-corrected chi connectivity index (χ4v) is 1.44. The first-order valence-electron chi connectivity index (χ1n) is 3.81. The van der Waals surface area contributed by atoms with Crippen molar-refractivity contribution in [3.05, 3.63) is 24.0 Å². The summed E-state index contributed by atoms with van der Waals surface area (Å²) in [6.45, 7) is 3.37. The largest absolute Gasteiger partial charge is 0.350 e. The van der Waals surface area contributed by atoms with Gasteiger partial charge in [-0.1, -0.05) is 0 Å². The van der Waals surface area contributed by atoms with E-state index in [2.05, 4.69) is 28.2 Å². The highest BCUT2D eigenvalue weighted by Crippen LogP contribution is 2.04. The number of rotatable bonds is 0. The molecule has 2 heteroatoms. The molecule has 0 aromatic carbocycles. The fraction of sp³-hybridized carbons (Fsp3) is 0.500. The van der Waals surface area contributed by atoms with Gasteiger partial charge in [0.2, 0.25) is 0 Å². The van der Waals surface area contributed by atoms with E-state index in [9.17, 15) is 0 Å². The molecule has 0 radical (unpaired) electrons. The van der Waals surface area contributed by atoms with Crippen LogP contribution in [-0.4, -0.2) is 17.7 Å². The molecule has 1 aromatic rings. The van der Waals surface area contributed by atoms with Gasteiger partial charge in [-0.25, -0.2) is 0 Å². The van der Waals surface area contributed by atoms with Gasteiger partial charge in [-0.3, -0.25) is 0 Å². The molecular formula is C8H12N2. The smallest absolute Gasteiger partial charge is 0.0347 e. The van der Waals surface area contributed by atoms with Crippen LogP contribution >= 0.6 is 0 Å². The zero-order valence-electron chi connectivity index (χ0n) is 6.01. The molecule has 0 amide bonds. The number of fused-ring (bicyclic) bond motifs is 1. The van der Waals surface area contributed by atoms with Crippen molar-refractivity contribution >= 4 is 0 Å². The standard InChI is InChI=1S/C8H12N2/c1-2-8-3-4-9-5-7-10(8)6-1/h1-2,6,9H,3-5,7H2. The van der Waals surface area contributed by atoms with Gasteiger partial charge in [0, 0.05) is 37.9 Å². The monoisotopic (exact) mass is 136 g/mol. The topological polar surface area (TPSA) is 17.0 Å². The summed E-state index contributed by atoms with van der Waals surface area (Å²) in [6, 6.07) is 4.33. The van der Waals surface area contributed by atoms with E-state index < -0.39 is 0 Å². The Morgan fingerprint density at radius 1 is 1.40 bits per heavy atom. The van der Waals surface area contributed by atoms with E-state index in [1.54, 1.807) is 0 Å². The van der Waals surface area contributed by atoms with Crippen LogP contribution in [0.1, 0.15) is 5.69 Å². The zero-order valence-corrected chi connectivity index (χ0v) is 6.01. The van der Waals surface area contributed by atoms with Crippen LogP contribution in [0.15, 0.2) is 18.3 Å². The summed E-state index contributed by atoms with van der Waals surface area (Å²) in [5.41, 5.74) is 1.46. The summed E-state index contributed by atoms with van der Waals surface area (Å²) in [4.78, 5) is 0. The molecule has 2 rings (SSSR count). The van der Waals surface area contributed by atoms with Crippen LogP contribution in [0, 0.1) is 0 Å². The van der Waals surface area contributed by atoms with Crippen LogP contribution < -0.4 is 5.32 Å². The van der Waals surface area contributed by atoms with Crippen LogP contribution in [0.2, 0.25) is 0 Å². The van der Waals surface area contributed by atoms with Crippen molar-refractivity contribution in [1.82, 2.24) is 9.88 Å². The third-order valence-corrected chi connectivity index (χ3v) is 2.01. The average molecular weight is 136 g/mol. The summed E-state index contributed by atoms with van der Waals surface area (Å²) in [7, 11) is 0. The Morgan fingerprint density at radius 3 is 3.40 bits per heavy atom. The molecule has 0 saturated carbocycles. The minimum absolute atomic E-state index is 1.11. The van der Waals surface area contributed by atoms with E-state index in [4.69, 9.17) is 0 Å². The fourth-order valence-electron chi connectivity index (χ4n) is 1.44. The Hall–Kier alpha value is -0.760. The maximum atomic E-state index is 3.36.